The summed E-state index contributed by atoms with van der Waals surface area (Å²) in [4.78, 5) is 14.2. The van der Waals surface area contributed by atoms with Gasteiger partial charge in [-0.15, -0.1) is 0 Å². The second kappa shape index (κ2) is 4.31. The number of carboxylic acids is 1. The lowest BCUT2D eigenvalue weighted by Gasteiger charge is -2.18. The Balaban J connectivity index is 2.16. The molecule has 0 fully saturated rings. The van der Waals surface area contributed by atoms with Gasteiger partial charge in [-0.05, 0) is 30.0 Å². The second-order valence-corrected chi connectivity index (χ2v) is 4.04. The molecule has 1 aromatic heterocycles. The number of fused-ring (bicyclic) bond motifs is 1. The minimum atomic E-state index is -3.97. The number of nitriles is 1. The van der Waals surface area contributed by atoms with Crippen LogP contribution in [0.15, 0.2) is 12.3 Å². The van der Waals surface area contributed by atoms with Gasteiger partial charge in [0.2, 0.25) is 0 Å². The summed E-state index contributed by atoms with van der Waals surface area (Å²) < 4.78 is 26.0. The van der Waals surface area contributed by atoms with Crippen LogP contribution in [0, 0.1) is 11.3 Å². The molecule has 1 unspecified atom stereocenters. The predicted molar refractivity (Wildman–Crippen MR) is 55.9 cm³/mol. The van der Waals surface area contributed by atoms with Gasteiger partial charge >= 0.3 is 12.0 Å². The molecular formula is C11H9F2N3O2. The largest absolute Gasteiger partial charge is 0.476 e. The van der Waals surface area contributed by atoms with Crippen LogP contribution in [0.2, 0.25) is 0 Å². The van der Waals surface area contributed by atoms with E-state index in [1.165, 1.54) is 6.20 Å². The van der Waals surface area contributed by atoms with E-state index in [0.717, 1.165) is 5.56 Å². The predicted octanol–water partition coefficient (Wildman–Crippen LogP) is 0.687. The number of rotatable bonds is 3. The first kappa shape index (κ1) is 12.4. The highest BCUT2D eigenvalue weighted by atomic mass is 19.3. The van der Waals surface area contributed by atoms with E-state index in [4.69, 9.17) is 10.4 Å². The third kappa shape index (κ3) is 2.15. The summed E-state index contributed by atoms with van der Waals surface area (Å²) >= 11 is 0. The minimum Gasteiger partial charge on any atom is -0.476 e. The number of aromatic nitrogens is 1. The minimum absolute atomic E-state index is 0.176. The number of nitrogens with zero attached hydrogens (tertiary/aromatic N) is 2. The smallest absolute Gasteiger partial charge is 0.399 e. The van der Waals surface area contributed by atoms with E-state index in [1.54, 1.807) is 11.4 Å². The van der Waals surface area contributed by atoms with Gasteiger partial charge in [0.05, 0.1) is 0 Å². The summed E-state index contributed by atoms with van der Waals surface area (Å²) in [5.74, 6) is -2.21. The molecule has 0 radical (unpaired) electrons. The molecule has 1 aliphatic rings. The van der Waals surface area contributed by atoms with Crippen LogP contribution < -0.4 is 5.32 Å². The molecule has 5 nitrogen and oxygen atoms in total. The summed E-state index contributed by atoms with van der Waals surface area (Å²) in [6.07, 6.45) is 1.87. The van der Waals surface area contributed by atoms with Crippen LogP contribution in [-0.4, -0.2) is 28.1 Å². The Morgan fingerprint density at radius 2 is 2.33 bits per heavy atom. The molecule has 2 N–H and O–H groups in total. The number of pyridine rings is 1. The Morgan fingerprint density at radius 3 is 2.94 bits per heavy atom. The molecule has 0 bridgehead atoms. The monoisotopic (exact) mass is 253 g/mol. The lowest BCUT2D eigenvalue weighted by atomic mass is 10.1. The van der Waals surface area contributed by atoms with E-state index in [1.807, 2.05) is 6.07 Å². The van der Waals surface area contributed by atoms with Crippen LogP contribution >= 0.6 is 0 Å². The maximum absolute atomic E-state index is 13.0. The molecule has 7 heteroatoms. The third-order valence-corrected chi connectivity index (χ3v) is 2.83. The van der Waals surface area contributed by atoms with Gasteiger partial charge in [-0.2, -0.15) is 14.0 Å². The number of halogens is 2. The van der Waals surface area contributed by atoms with Gasteiger partial charge in [-0.3, -0.25) is 0 Å². The van der Waals surface area contributed by atoms with Crippen molar-refractivity contribution in [1.82, 2.24) is 10.3 Å². The number of aliphatic carboxylic acids is 1. The normalized spacial score (nSPS) is 18.2. The zero-order valence-corrected chi connectivity index (χ0v) is 9.15. The van der Waals surface area contributed by atoms with Crippen molar-refractivity contribution in [3.05, 3.63) is 29.1 Å². The van der Waals surface area contributed by atoms with E-state index in [0.29, 0.717) is 5.56 Å². The fourth-order valence-electron chi connectivity index (χ4n) is 2.05. The molecule has 94 valence electrons. The average molecular weight is 253 g/mol. The van der Waals surface area contributed by atoms with Gasteiger partial charge in [0.1, 0.15) is 11.8 Å². The van der Waals surface area contributed by atoms with Crippen molar-refractivity contribution in [2.75, 3.05) is 0 Å². The van der Waals surface area contributed by atoms with E-state index < -0.39 is 18.1 Å². The molecule has 18 heavy (non-hydrogen) atoms. The number of hydrogen-bond donors (Lipinski definition) is 2. The lowest BCUT2D eigenvalue weighted by molar-refractivity contribution is -0.171. The molecular weight excluding hydrogens is 244 g/mol. The highest BCUT2D eigenvalue weighted by Crippen LogP contribution is 2.25. The average Bonchev–Trinajstić information content (AvgIpc) is 2.69. The Labute approximate surface area is 101 Å². The van der Waals surface area contributed by atoms with Crippen LogP contribution in [0.1, 0.15) is 16.8 Å². The zero-order chi connectivity index (χ0) is 13.3. The van der Waals surface area contributed by atoms with Gasteiger partial charge < -0.3 is 5.11 Å². The Morgan fingerprint density at radius 1 is 1.61 bits per heavy atom. The number of carbonyl (C=O) groups is 1. The molecule has 1 atom stereocenters. The van der Waals surface area contributed by atoms with Crippen molar-refractivity contribution >= 4 is 5.97 Å². The Hall–Kier alpha value is -2.07. The number of alkyl halides is 2. The highest BCUT2D eigenvalue weighted by molar-refractivity contribution is 5.74. The van der Waals surface area contributed by atoms with Gasteiger partial charge in [0.15, 0.2) is 0 Å². The summed E-state index contributed by atoms with van der Waals surface area (Å²) in [5.41, 5.74) is 1.56. The van der Waals surface area contributed by atoms with Crippen molar-refractivity contribution in [3.8, 4) is 6.07 Å². The number of nitrogens with one attached hydrogen (secondary N) is 1. The van der Waals surface area contributed by atoms with Crippen molar-refractivity contribution < 1.29 is 18.7 Å². The van der Waals surface area contributed by atoms with Gasteiger partial charge in [-0.25, -0.2) is 15.1 Å². The molecule has 0 aliphatic heterocycles. The van der Waals surface area contributed by atoms with E-state index in [9.17, 15) is 13.6 Å². The quantitative estimate of drug-likeness (QED) is 0.774. The number of hydrogen-bond acceptors (Lipinski definition) is 4. The topological polar surface area (TPSA) is 86.0 Å². The van der Waals surface area contributed by atoms with Crippen LogP contribution in [0.5, 0.6) is 0 Å². The molecule has 1 aliphatic carbocycles. The van der Waals surface area contributed by atoms with Crippen molar-refractivity contribution in [3.63, 3.8) is 0 Å². The van der Waals surface area contributed by atoms with Crippen molar-refractivity contribution in [2.45, 2.75) is 24.9 Å². The SMILES string of the molecule is N#Cc1nccc2c1CC(NC(F)(F)C(=O)O)C2. The summed E-state index contributed by atoms with van der Waals surface area (Å²) in [6, 6.07) is -1.13. The molecule has 0 amide bonds. The fraction of sp³-hybridized carbons (Fsp3) is 0.364. The van der Waals surface area contributed by atoms with Crippen LogP contribution in [-0.2, 0) is 17.6 Å². The summed E-state index contributed by atoms with van der Waals surface area (Å²) in [5, 5.41) is 19.0. The molecule has 0 spiro atoms. The second-order valence-electron chi connectivity index (χ2n) is 4.04. The first-order chi connectivity index (χ1) is 8.44. The maximum atomic E-state index is 13.0. The standard InChI is InChI=1S/C11H9F2N3O2/c12-11(13,10(17)18)16-7-3-6-1-2-15-9(5-14)8(6)4-7/h1-2,7,16H,3-4H2,(H,17,18). The molecule has 1 heterocycles. The third-order valence-electron chi connectivity index (χ3n) is 2.83. The first-order valence-corrected chi connectivity index (χ1v) is 5.20. The summed E-state index contributed by atoms with van der Waals surface area (Å²) in [7, 11) is 0. The lowest BCUT2D eigenvalue weighted by Crippen LogP contribution is -2.49. The van der Waals surface area contributed by atoms with Crippen molar-refractivity contribution in [1.29, 1.82) is 5.26 Å². The zero-order valence-electron chi connectivity index (χ0n) is 9.15. The molecule has 0 aromatic carbocycles. The highest BCUT2D eigenvalue weighted by Gasteiger charge is 2.42. The van der Waals surface area contributed by atoms with Crippen molar-refractivity contribution in [2.24, 2.45) is 0 Å². The van der Waals surface area contributed by atoms with Gasteiger partial charge in [0.25, 0.3) is 0 Å². The molecule has 0 saturated carbocycles. The van der Waals surface area contributed by atoms with E-state index in [2.05, 4.69) is 4.98 Å². The van der Waals surface area contributed by atoms with E-state index >= 15 is 0 Å². The number of carboxylic acid groups (broad SMARTS) is 1. The van der Waals surface area contributed by atoms with Crippen LogP contribution in [0.25, 0.3) is 0 Å². The molecule has 0 saturated heterocycles. The summed E-state index contributed by atoms with van der Waals surface area (Å²) in [6.45, 7) is 0. The maximum Gasteiger partial charge on any atom is 0.399 e. The van der Waals surface area contributed by atoms with Gasteiger partial charge in [0, 0.05) is 12.2 Å². The van der Waals surface area contributed by atoms with E-state index in [-0.39, 0.29) is 18.5 Å². The molecule has 2 rings (SSSR count). The van der Waals surface area contributed by atoms with Gasteiger partial charge in [-0.1, -0.05) is 0 Å². The molecule has 1 aromatic rings. The Bertz CT molecular complexity index is 540. The van der Waals surface area contributed by atoms with Crippen LogP contribution in [0.3, 0.4) is 0 Å². The fourth-order valence-corrected chi connectivity index (χ4v) is 2.05. The first-order valence-electron chi connectivity index (χ1n) is 5.20. The Kier molecular flexibility index (Phi) is 2.97. The van der Waals surface area contributed by atoms with Crippen LogP contribution in [0.4, 0.5) is 8.78 Å².